The number of rotatable bonds is 12. The van der Waals surface area contributed by atoms with Crippen molar-refractivity contribution in [1.29, 1.82) is 0 Å². The highest BCUT2D eigenvalue weighted by molar-refractivity contribution is 5.85. The summed E-state index contributed by atoms with van der Waals surface area (Å²) in [4.78, 5) is 56.4. The minimum atomic E-state index is -5.08. The molecule has 0 bridgehead atoms. The highest BCUT2D eigenvalue weighted by Gasteiger charge is 2.38. The second-order valence-electron chi connectivity index (χ2n) is 9.00. The molecule has 1 atom stereocenters. The number of hydrogen-bond acceptors (Lipinski definition) is 6. The Labute approximate surface area is 250 Å². The SMILES string of the molecule is O=C(CCNC(=O)OCc1ccccc1)NCC(=O)NCC(C(=O)O)c1ccc(-c2ccccc2)cc1.O=C(O)C(F)(F)F. The molecule has 0 heterocycles. The summed E-state index contributed by atoms with van der Waals surface area (Å²) in [5, 5.41) is 24.2. The van der Waals surface area contributed by atoms with E-state index >= 15 is 0 Å². The van der Waals surface area contributed by atoms with Crippen molar-refractivity contribution in [3.8, 4) is 11.1 Å². The van der Waals surface area contributed by atoms with Gasteiger partial charge in [0.1, 0.15) is 6.61 Å². The largest absolute Gasteiger partial charge is 0.490 e. The molecule has 5 N–H and O–H groups in total. The molecule has 11 nitrogen and oxygen atoms in total. The zero-order valence-electron chi connectivity index (χ0n) is 23.2. The molecule has 234 valence electrons. The van der Waals surface area contributed by atoms with Gasteiger partial charge in [-0.15, -0.1) is 0 Å². The summed E-state index contributed by atoms with van der Waals surface area (Å²) in [7, 11) is 0. The summed E-state index contributed by atoms with van der Waals surface area (Å²) in [6.07, 6.45) is -5.77. The van der Waals surface area contributed by atoms with Gasteiger partial charge in [-0.2, -0.15) is 13.2 Å². The maximum Gasteiger partial charge on any atom is 0.490 e. The Bertz CT molecular complexity index is 1390. The van der Waals surface area contributed by atoms with Gasteiger partial charge in [0.15, 0.2) is 0 Å². The molecule has 0 aromatic heterocycles. The Morgan fingerprint density at radius 3 is 1.82 bits per heavy atom. The second kappa shape index (κ2) is 17.5. The number of alkyl halides is 3. The number of hydrogen-bond donors (Lipinski definition) is 5. The van der Waals surface area contributed by atoms with E-state index in [2.05, 4.69) is 16.0 Å². The quantitative estimate of drug-likeness (QED) is 0.205. The van der Waals surface area contributed by atoms with E-state index in [9.17, 15) is 37.5 Å². The van der Waals surface area contributed by atoms with E-state index in [0.717, 1.165) is 16.7 Å². The van der Waals surface area contributed by atoms with Gasteiger partial charge >= 0.3 is 24.2 Å². The highest BCUT2D eigenvalue weighted by Crippen LogP contribution is 2.23. The fraction of sp³-hybridized carbons (Fsp3) is 0.233. The third-order valence-electron chi connectivity index (χ3n) is 5.74. The molecule has 0 saturated heterocycles. The van der Waals surface area contributed by atoms with Crippen LogP contribution in [-0.4, -0.2) is 65.9 Å². The van der Waals surface area contributed by atoms with Gasteiger partial charge in [-0.05, 0) is 22.3 Å². The highest BCUT2D eigenvalue weighted by atomic mass is 19.4. The van der Waals surface area contributed by atoms with Crippen LogP contribution in [-0.2, 0) is 30.5 Å². The van der Waals surface area contributed by atoms with E-state index in [-0.39, 0.29) is 32.7 Å². The zero-order chi connectivity index (χ0) is 32.5. The fourth-order valence-electron chi connectivity index (χ4n) is 3.48. The molecule has 0 fully saturated rings. The van der Waals surface area contributed by atoms with Crippen molar-refractivity contribution < 1.29 is 52.1 Å². The van der Waals surface area contributed by atoms with Gasteiger partial charge in [-0.25, -0.2) is 9.59 Å². The average Bonchev–Trinajstić information content (AvgIpc) is 3.00. The normalized spacial score (nSPS) is 11.2. The number of halogens is 3. The second-order valence-corrected chi connectivity index (χ2v) is 9.00. The van der Waals surface area contributed by atoms with Crippen molar-refractivity contribution in [2.24, 2.45) is 0 Å². The maximum atomic E-state index is 12.1. The first-order valence-corrected chi connectivity index (χ1v) is 13.0. The number of amides is 3. The van der Waals surface area contributed by atoms with Crippen LogP contribution in [0.3, 0.4) is 0 Å². The molecule has 3 aromatic carbocycles. The molecule has 0 saturated carbocycles. The van der Waals surface area contributed by atoms with Crippen LogP contribution < -0.4 is 16.0 Å². The van der Waals surface area contributed by atoms with Crippen LogP contribution >= 0.6 is 0 Å². The van der Waals surface area contributed by atoms with Crippen LogP contribution in [0.25, 0.3) is 11.1 Å². The number of carboxylic acid groups (broad SMARTS) is 2. The molecule has 0 aliphatic rings. The molecule has 14 heteroatoms. The summed E-state index contributed by atoms with van der Waals surface area (Å²) in [6, 6.07) is 26.0. The standard InChI is InChI=1S/C28H29N3O6.C2HF3O2/c32-25(15-16-29-28(36)37-19-20-7-3-1-4-8-20)31-18-26(33)30-17-24(27(34)35)23-13-11-22(12-14-23)21-9-5-2-6-10-21;3-2(4,5)1(6)7/h1-14,24H,15-19H2,(H,29,36)(H,30,33)(H,31,32)(H,34,35);(H,6,7). The van der Waals surface area contributed by atoms with Gasteiger partial charge in [0, 0.05) is 19.5 Å². The number of ether oxygens (including phenoxy) is 1. The van der Waals surface area contributed by atoms with E-state index in [1.54, 1.807) is 12.1 Å². The summed E-state index contributed by atoms with van der Waals surface area (Å²) in [5.41, 5.74) is 3.38. The van der Waals surface area contributed by atoms with E-state index < -0.39 is 41.9 Å². The molecule has 3 rings (SSSR count). The average molecular weight is 618 g/mol. The van der Waals surface area contributed by atoms with Gasteiger partial charge in [0.05, 0.1) is 12.5 Å². The summed E-state index contributed by atoms with van der Waals surface area (Å²) >= 11 is 0. The molecular weight excluding hydrogens is 587 g/mol. The predicted molar refractivity (Wildman–Crippen MR) is 151 cm³/mol. The summed E-state index contributed by atoms with van der Waals surface area (Å²) in [6.45, 7) is -0.269. The minimum absolute atomic E-state index is 0.0424. The molecule has 0 radical (unpaired) electrons. The Hall–Kier alpha value is -5.40. The summed E-state index contributed by atoms with van der Waals surface area (Å²) < 4.78 is 36.8. The van der Waals surface area contributed by atoms with Crippen LogP contribution in [0, 0.1) is 0 Å². The molecule has 44 heavy (non-hydrogen) atoms. The van der Waals surface area contributed by atoms with Gasteiger partial charge in [0.2, 0.25) is 11.8 Å². The summed E-state index contributed by atoms with van der Waals surface area (Å²) in [5.74, 6) is -5.72. The smallest absolute Gasteiger partial charge is 0.481 e. The van der Waals surface area contributed by atoms with E-state index in [0.29, 0.717) is 5.56 Å². The van der Waals surface area contributed by atoms with Gasteiger partial charge < -0.3 is 30.9 Å². The first kappa shape index (κ1) is 34.8. The van der Waals surface area contributed by atoms with Gasteiger partial charge in [-0.1, -0.05) is 84.9 Å². The van der Waals surface area contributed by atoms with Crippen molar-refractivity contribution in [3.63, 3.8) is 0 Å². The number of nitrogens with one attached hydrogen (secondary N) is 3. The van der Waals surface area contributed by atoms with Crippen LogP contribution in [0.5, 0.6) is 0 Å². The Morgan fingerprint density at radius 1 is 0.727 bits per heavy atom. The Balaban J connectivity index is 0.000000860. The molecule has 1 unspecified atom stereocenters. The number of benzene rings is 3. The Kier molecular flexibility index (Phi) is 13.9. The zero-order valence-corrected chi connectivity index (χ0v) is 23.2. The van der Waals surface area contributed by atoms with E-state index in [4.69, 9.17) is 14.6 Å². The third kappa shape index (κ3) is 13.1. The lowest BCUT2D eigenvalue weighted by Crippen LogP contribution is -2.40. The lowest BCUT2D eigenvalue weighted by atomic mass is 9.96. The third-order valence-corrected chi connectivity index (χ3v) is 5.74. The van der Waals surface area contributed by atoms with Crippen molar-refractivity contribution >= 4 is 29.8 Å². The van der Waals surface area contributed by atoms with Crippen LogP contribution in [0.15, 0.2) is 84.9 Å². The van der Waals surface area contributed by atoms with Crippen molar-refractivity contribution in [2.45, 2.75) is 25.1 Å². The monoisotopic (exact) mass is 617 g/mol. The van der Waals surface area contributed by atoms with Crippen molar-refractivity contribution in [2.75, 3.05) is 19.6 Å². The first-order valence-electron chi connectivity index (χ1n) is 13.0. The predicted octanol–water partition coefficient (Wildman–Crippen LogP) is 3.70. The minimum Gasteiger partial charge on any atom is -0.481 e. The molecule has 0 aliphatic carbocycles. The lowest BCUT2D eigenvalue weighted by Gasteiger charge is -2.15. The van der Waals surface area contributed by atoms with Crippen molar-refractivity contribution in [3.05, 3.63) is 96.1 Å². The number of alkyl carbamates (subject to hydrolysis) is 1. The van der Waals surface area contributed by atoms with Gasteiger partial charge in [-0.3, -0.25) is 14.4 Å². The molecule has 0 aliphatic heterocycles. The van der Waals surface area contributed by atoms with Crippen LogP contribution in [0.1, 0.15) is 23.5 Å². The number of aliphatic carboxylic acids is 2. The first-order chi connectivity index (χ1) is 20.9. The number of carbonyl (C=O) groups is 5. The Morgan fingerprint density at radius 2 is 1.27 bits per heavy atom. The lowest BCUT2D eigenvalue weighted by molar-refractivity contribution is -0.192. The molecular formula is C30H30F3N3O8. The van der Waals surface area contributed by atoms with Gasteiger partial charge in [0.25, 0.3) is 0 Å². The molecule has 3 amide bonds. The molecule has 3 aromatic rings. The number of carboxylic acids is 2. The van der Waals surface area contributed by atoms with E-state index in [1.807, 2.05) is 72.8 Å². The number of carbonyl (C=O) groups excluding carboxylic acids is 3. The fourth-order valence-corrected chi connectivity index (χ4v) is 3.48. The van der Waals surface area contributed by atoms with Crippen LogP contribution in [0.4, 0.5) is 18.0 Å². The van der Waals surface area contributed by atoms with Crippen molar-refractivity contribution in [1.82, 2.24) is 16.0 Å². The van der Waals surface area contributed by atoms with Crippen LogP contribution in [0.2, 0.25) is 0 Å². The topological polar surface area (TPSA) is 171 Å². The molecule has 0 spiro atoms. The maximum absolute atomic E-state index is 12.1. The van der Waals surface area contributed by atoms with E-state index in [1.165, 1.54) is 0 Å².